The van der Waals surface area contributed by atoms with Gasteiger partial charge in [0.1, 0.15) is 13.2 Å². The SMILES string of the molecule is O=C1COCC(=O)N1c1cn[nH]c1. The second-order valence-electron chi connectivity index (χ2n) is 2.57. The molecular formula is C7H7N3O3. The summed E-state index contributed by atoms with van der Waals surface area (Å²) >= 11 is 0. The number of H-pyrrole nitrogens is 1. The Morgan fingerprint density at radius 1 is 1.38 bits per heavy atom. The first-order valence-corrected chi connectivity index (χ1v) is 3.71. The number of hydrogen-bond acceptors (Lipinski definition) is 4. The van der Waals surface area contributed by atoms with Gasteiger partial charge in [-0.1, -0.05) is 0 Å². The van der Waals surface area contributed by atoms with Crippen molar-refractivity contribution in [2.24, 2.45) is 0 Å². The Kier molecular flexibility index (Phi) is 1.82. The average Bonchev–Trinajstić information content (AvgIpc) is 2.57. The monoisotopic (exact) mass is 181 g/mol. The number of aromatic amines is 1. The number of amides is 2. The first-order valence-electron chi connectivity index (χ1n) is 3.71. The normalized spacial score (nSPS) is 18.0. The van der Waals surface area contributed by atoms with Crippen molar-refractivity contribution >= 4 is 17.5 Å². The minimum atomic E-state index is -0.363. The summed E-state index contributed by atoms with van der Waals surface area (Å²) in [5.74, 6) is -0.727. The van der Waals surface area contributed by atoms with Gasteiger partial charge in [0, 0.05) is 6.20 Å². The van der Waals surface area contributed by atoms with Crippen molar-refractivity contribution in [3.63, 3.8) is 0 Å². The minimum Gasteiger partial charge on any atom is -0.362 e. The second kappa shape index (κ2) is 2.98. The zero-order valence-electron chi connectivity index (χ0n) is 6.69. The molecule has 68 valence electrons. The standard InChI is InChI=1S/C7H7N3O3/c11-6-3-13-4-7(12)10(6)5-1-8-9-2-5/h1-2H,3-4H2,(H,8,9). The van der Waals surface area contributed by atoms with E-state index in [2.05, 4.69) is 10.2 Å². The van der Waals surface area contributed by atoms with Crippen molar-refractivity contribution in [1.82, 2.24) is 10.2 Å². The van der Waals surface area contributed by atoms with E-state index in [1.165, 1.54) is 12.4 Å². The molecule has 0 radical (unpaired) electrons. The molecule has 0 spiro atoms. The zero-order valence-corrected chi connectivity index (χ0v) is 6.69. The number of carbonyl (C=O) groups is 2. The summed E-state index contributed by atoms with van der Waals surface area (Å²) in [6.45, 7) is -0.117. The highest BCUT2D eigenvalue weighted by Gasteiger charge is 2.28. The Labute approximate surface area is 73.5 Å². The Bertz CT molecular complexity index is 317. The Morgan fingerprint density at radius 3 is 2.62 bits per heavy atom. The molecule has 2 amide bonds. The maximum atomic E-state index is 11.2. The zero-order chi connectivity index (χ0) is 9.26. The molecule has 0 bridgehead atoms. The van der Waals surface area contributed by atoms with Crippen LogP contribution in [-0.4, -0.2) is 35.2 Å². The van der Waals surface area contributed by atoms with Crippen LogP contribution in [0.2, 0.25) is 0 Å². The first-order chi connectivity index (χ1) is 6.29. The van der Waals surface area contributed by atoms with Crippen molar-refractivity contribution < 1.29 is 14.3 Å². The highest BCUT2D eigenvalue weighted by Crippen LogP contribution is 2.14. The lowest BCUT2D eigenvalue weighted by Gasteiger charge is -2.22. The third kappa shape index (κ3) is 1.31. The number of nitrogens with one attached hydrogen (secondary N) is 1. The molecule has 0 atom stereocenters. The fraction of sp³-hybridized carbons (Fsp3) is 0.286. The topological polar surface area (TPSA) is 75.3 Å². The number of aromatic nitrogens is 2. The largest absolute Gasteiger partial charge is 0.362 e. The molecule has 1 N–H and O–H groups in total. The van der Waals surface area contributed by atoms with E-state index in [0.717, 1.165) is 4.90 Å². The van der Waals surface area contributed by atoms with Gasteiger partial charge in [0.25, 0.3) is 11.8 Å². The van der Waals surface area contributed by atoms with E-state index < -0.39 is 0 Å². The number of rotatable bonds is 1. The van der Waals surface area contributed by atoms with Crippen LogP contribution in [-0.2, 0) is 14.3 Å². The van der Waals surface area contributed by atoms with Gasteiger partial charge in [-0.2, -0.15) is 5.10 Å². The van der Waals surface area contributed by atoms with Gasteiger partial charge < -0.3 is 4.74 Å². The molecule has 0 aromatic carbocycles. The third-order valence-corrected chi connectivity index (χ3v) is 1.69. The van der Waals surface area contributed by atoms with Gasteiger partial charge in [-0.3, -0.25) is 14.7 Å². The van der Waals surface area contributed by atoms with Gasteiger partial charge in [-0.05, 0) is 0 Å². The van der Waals surface area contributed by atoms with E-state index in [0.29, 0.717) is 5.69 Å². The van der Waals surface area contributed by atoms with Gasteiger partial charge in [0.2, 0.25) is 0 Å². The van der Waals surface area contributed by atoms with Crippen LogP contribution in [0.4, 0.5) is 5.69 Å². The van der Waals surface area contributed by atoms with Crippen LogP contribution in [0.1, 0.15) is 0 Å². The number of ether oxygens (including phenoxy) is 1. The lowest BCUT2D eigenvalue weighted by molar-refractivity contribution is -0.138. The van der Waals surface area contributed by atoms with Crippen LogP contribution in [0, 0.1) is 0 Å². The van der Waals surface area contributed by atoms with Crippen LogP contribution in [0.25, 0.3) is 0 Å². The minimum absolute atomic E-state index is 0.0586. The molecule has 0 unspecified atom stereocenters. The molecule has 1 fully saturated rings. The fourth-order valence-corrected chi connectivity index (χ4v) is 1.15. The van der Waals surface area contributed by atoms with Crippen molar-refractivity contribution in [1.29, 1.82) is 0 Å². The molecule has 1 aliphatic heterocycles. The predicted octanol–water partition coefficient (Wildman–Crippen LogP) is -0.701. The summed E-state index contributed by atoms with van der Waals surface area (Å²) in [7, 11) is 0. The summed E-state index contributed by atoms with van der Waals surface area (Å²) in [6.07, 6.45) is 2.90. The van der Waals surface area contributed by atoms with Crippen molar-refractivity contribution in [3.05, 3.63) is 12.4 Å². The summed E-state index contributed by atoms with van der Waals surface area (Å²) in [4.78, 5) is 23.5. The van der Waals surface area contributed by atoms with Crippen molar-refractivity contribution in [2.45, 2.75) is 0 Å². The van der Waals surface area contributed by atoms with Gasteiger partial charge in [-0.25, -0.2) is 4.90 Å². The molecule has 6 nitrogen and oxygen atoms in total. The van der Waals surface area contributed by atoms with Gasteiger partial charge >= 0.3 is 0 Å². The van der Waals surface area contributed by atoms with Crippen molar-refractivity contribution in [3.8, 4) is 0 Å². The summed E-state index contributed by atoms with van der Waals surface area (Å²) in [5, 5.41) is 6.19. The Morgan fingerprint density at radius 2 is 2.08 bits per heavy atom. The fourth-order valence-electron chi connectivity index (χ4n) is 1.15. The van der Waals surface area contributed by atoms with E-state index in [-0.39, 0.29) is 25.0 Å². The molecule has 0 aliphatic carbocycles. The number of nitrogens with zero attached hydrogens (tertiary/aromatic N) is 2. The molecule has 1 saturated heterocycles. The summed E-state index contributed by atoms with van der Waals surface area (Å²) in [6, 6.07) is 0. The molecule has 2 heterocycles. The maximum absolute atomic E-state index is 11.2. The highest BCUT2D eigenvalue weighted by molar-refractivity contribution is 6.16. The van der Waals surface area contributed by atoms with Crippen molar-refractivity contribution in [2.75, 3.05) is 18.1 Å². The van der Waals surface area contributed by atoms with E-state index >= 15 is 0 Å². The number of anilines is 1. The van der Waals surface area contributed by atoms with E-state index in [1.807, 2.05) is 0 Å². The molecule has 13 heavy (non-hydrogen) atoms. The second-order valence-corrected chi connectivity index (χ2v) is 2.57. The quantitative estimate of drug-likeness (QED) is 0.581. The van der Waals surface area contributed by atoms with Crippen LogP contribution in [0.15, 0.2) is 12.4 Å². The molecule has 1 aromatic rings. The number of hydrogen-bond donors (Lipinski definition) is 1. The van der Waals surface area contributed by atoms with Crippen LogP contribution >= 0.6 is 0 Å². The predicted molar refractivity (Wildman–Crippen MR) is 41.9 cm³/mol. The van der Waals surface area contributed by atoms with E-state index in [4.69, 9.17) is 4.74 Å². The van der Waals surface area contributed by atoms with Crippen LogP contribution in [0.5, 0.6) is 0 Å². The number of carbonyl (C=O) groups excluding carboxylic acids is 2. The summed E-state index contributed by atoms with van der Waals surface area (Å²) in [5.41, 5.74) is 0.457. The lowest BCUT2D eigenvalue weighted by Crippen LogP contribution is -2.46. The van der Waals surface area contributed by atoms with Crippen LogP contribution < -0.4 is 4.90 Å². The molecule has 1 aromatic heterocycles. The molecule has 0 saturated carbocycles. The number of morpholine rings is 1. The van der Waals surface area contributed by atoms with E-state index in [1.54, 1.807) is 0 Å². The smallest absolute Gasteiger partial charge is 0.259 e. The third-order valence-electron chi connectivity index (χ3n) is 1.69. The van der Waals surface area contributed by atoms with E-state index in [9.17, 15) is 9.59 Å². The molecule has 1 aliphatic rings. The molecular weight excluding hydrogens is 174 g/mol. The lowest BCUT2D eigenvalue weighted by atomic mass is 10.3. The van der Waals surface area contributed by atoms with Gasteiger partial charge in [0.05, 0.1) is 11.9 Å². The molecule has 6 heteroatoms. The summed E-state index contributed by atoms with van der Waals surface area (Å²) < 4.78 is 4.75. The maximum Gasteiger partial charge on any atom is 0.259 e. The highest BCUT2D eigenvalue weighted by atomic mass is 16.5. The number of imide groups is 1. The Balaban J connectivity index is 2.29. The van der Waals surface area contributed by atoms with Crippen LogP contribution in [0.3, 0.4) is 0 Å². The first kappa shape index (κ1) is 7.93. The Hall–Kier alpha value is -1.69. The van der Waals surface area contributed by atoms with Gasteiger partial charge in [0.15, 0.2) is 0 Å². The molecule has 2 rings (SSSR count). The average molecular weight is 181 g/mol. The van der Waals surface area contributed by atoms with Gasteiger partial charge in [-0.15, -0.1) is 0 Å².